The van der Waals surface area contributed by atoms with Crippen molar-refractivity contribution < 1.29 is 4.74 Å². The van der Waals surface area contributed by atoms with Gasteiger partial charge in [0.1, 0.15) is 17.3 Å². The summed E-state index contributed by atoms with van der Waals surface area (Å²) < 4.78 is 6.06. The first-order valence-electron chi connectivity index (χ1n) is 15.9. The number of amidine groups is 1. The molecule has 4 aromatic rings. The predicted octanol–water partition coefficient (Wildman–Crippen LogP) is 7.93. The van der Waals surface area contributed by atoms with Crippen molar-refractivity contribution in [1.82, 2.24) is 15.1 Å². The second kappa shape index (κ2) is 14.0. The van der Waals surface area contributed by atoms with Gasteiger partial charge in [0.2, 0.25) is 0 Å². The molecule has 2 aliphatic heterocycles. The number of hydrogen-bond acceptors (Lipinski definition) is 5. The minimum absolute atomic E-state index is 0.546. The summed E-state index contributed by atoms with van der Waals surface area (Å²) in [5, 5.41) is 4.06. The number of fused-ring (bicyclic) bond motifs is 4. The molecule has 0 saturated carbocycles. The number of rotatable bonds is 4. The second-order valence-electron chi connectivity index (χ2n) is 12.4. The van der Waals surface area contributed by atoms with Crippen molar-refractivity contribution >= 4 is 23.1 Å². The van der Waals surface area contributed by atoms with Gasteiger partial charge < -0.3 is 19.9 Å². The zero-order chi connectivity index (χ0) is 30.5. The van der Waals surface area contributed by atoms with Crippen molar-refractivity contribution in [3.63, 3.8) is 0 Å². The van der Waals surface area contributed by atoms with Gasteiger partial charge in [-0.1, -0.05) is 79.2 Å². The van der Waals surface area contributed by atoms with Crippen LogP contribution >= 0.6 is 11.6 Å². The molecule has 0 bridgehead atoms. The van der Waals surface area contributed by atoms with Gasteiger partial charge in [0, 0.05) is 43.7 Å². The summed E-state index contributed by atoms with van der Waals surface area (Å²) in [6.45, 7) is 7.30. The average molecular weight is 607 g/mol. The second-order valence-corrected chi connectivity index (χ2v) is 12.9. The molecule has 228 valence electrons. The Balaban J connectivity index is 0.000000156. The number of piperazine rings is 1. The van der Waals surface area contributed by atoms with Gasteiger partial charge in [-0.05, 0) is 91.9 Å². The largest absolute Gasteiger partial charge is 0.454 e. The van der Waals surface area contributed by atoms with E-state index in [1.165, 1.54) is 19.3 Å². The Kier molecular flexibility index (Phi) is 9.66. The normalized spacial score (nSPS) is 16.5. The molecule has 1 aliphatic carbocycles. The van der Waals surface area contributed by atoms with Crippen LogP contribution < -0.4 is 10.1 Å². The minimum Gasteiger partial charge on any atom is -0.454 e. The van der Waals surface area contributed by atoms with Crippen molar-refractivity contribution in [2.24, 2.45) is 10.9 Å². The molecule has 1 N–H and O–H groups in total. The Morgan fingerprint density at radius 2 is 1.50 bits per heavy atom. The molecule has 0 aromatic heterocycles. The van der Waals surface area contributed by atoms with Crippen LogP contribution in [-0.2, 0) is 12.8 Å². The molecular formula is C38H43ClN4O. The zero-order valence-corrected chi connectivity index (χ0v) is 26.9. The molecule has 3 aliphatic rings. The number of nitrogens with zero attached hydrogens (tertiary/aromatic N) is 3. The Morgan fingerprint density at radius 3 is 2.18 bits per heavy atom. The van der Waals surface area contributed by atoms with E-state index in [0.717, 1.165) is 61.3 Å². The molecule has 0 spiro atoms. The summed E-state index contributed by atoms with van der Waals surface area (Å²) in [7, 11) is 4.34. The molecule has 1 atom stereocenters. The van der Waals surface area contributed by atoms with Crippen molar-refractivity contribution in [2.75, 3.05) is 46.8 Å². The maximum absolute atomic E-state index is 6.20. The van der Waals surface area contributed by atoms with E-state index < -0.39 is 0 Å². The number of aryl methyl sites for hydroxylation is 2. The summed E-state index contributed by atoms with van der Waals surface area (Å²) in [6.07, 6.45) is 3.57. The lowest BCUT2D eigenvalue weighted by molar-refractivity contribution is 0.321. The van der Waals surface area contributed by atoms with Crippen molar-refractivity contribution in [3.8, 4) is 11.5 Å². The highest BCUT2D eigenvalue weighted by Crippen LogP contribution is 2.40. The van der Waals surface area contributed by atoms with Gasteiger partial charge >= 0.3 is 0 Å². The molecular weight excluding hydrogens is 564 g/mol. The molecule has 1 fully saturated rings. The van der Waals surface area contributed by atoms with Crippen LogP contribution in [0.4, 0.5) is 5.69 Å². The van der Waals surface area contributed by atoms with Gasteiger partial charge in [0.15, 0.2) is 5.75 Å². The van der Waals surface area contributed by atoms with E-state index in [0.29, 0.717) is 16.9 Å². The molecule has 44 heavy (non-hydrogen) atoms. The smallest absolute Gasteiger partial charge is 0.153 e. The lowest BCUT2D eigenvalue weighted by Crippen LogP contribution is -2.46. The summed E-state index contributed by atoms with van der Waals surface area (Å²) in [6, 6.07) is 31.7. The Bertz CT molecular complexity index is 1560. The first-order valence-corrected chi connectivity index (χ1v) is 16.3. The third-order valence-corrected chi connectivity index (χ3v) is 8.99. The molecule has 0 radical (unpaired) electrons. The molecule has 4 aromatic carbocycles. The van der Waals surface area contributed by atoms with E-state index in [9.17, 15) is 0 Å². The number of para-hydroxylation sites is 2. The van der Waals surface area contributed by atoms with E-state index in [1.54, 1.807) is 22.3 Å². The molecule has 2 heterocycles. The highest BCUT2D eigenvalue weighted by molar-refractivity contribution is 6.31. The zero-order valence-electron chi connectivity index (χ0n) is 26.1. The lowest BCUT2D eigenvalue weighted by Gasteiger charge is -2.30. The maximum Gasteiger partial charge on any atom is 0.153 e. The minimum atomic E-state index is 0.546. The van der Waals surface area contributed by atoms with Crippen LogP contribution in [0.15, 0.2) is 96.0 Å². The molecule has 0 amide bonds. The third kappa shape index (κ3) is 7.02. The van der Waals surface area contributed by atoms with Gasteiger partial charge in [-0.2, -0.15) is 0 Å². The standard InChI is InChI=1S/C21H27N.C17H16ClN3O/c1-16(15-22(2)3)14-21-19-10-6-4-8-17(19)12-13-18-9-5-7-11-20(18)21;18-12-5-6-15-13(11-12)17(21-9-7-19-8-10-21)20-14-3-1-2-4-16(14)22-15/h4-11,16,21H,12-15H2,1-3H3;1-6,11,19H,7-10H2. The summed E-state index contributed by atoms with van der Waals surface area (Å²) in [5.41, 5.74) is 7.99. The monoisotopic (exact) mass is 606 g/mol. The van der Waals surface area contributed by atoms with Gasteiger partial charge in [0.05, 0.1) is 5.56 Å². The first-order chi connectivity index (χ1) is 21.5. The van der Waals surface area contributed by atoms with Crippen LogP contribution in [0.1, 0.15) is 47.1 Å². The Labute approximate surface area is 267 Å². The van der Waals surface area contributed by atoms with Crippen LogP contribution in [0.5, 0.6) is 11.5 Å². The van der Waals surface area contributed by atoms with E-state index >= 15 is 0 Å². The van der Waals surface area contributed by atoms with Crippen molar-refractivity contribution in [2.45, 2.75) is 32.1 Å². The van der Waals surface area contributed by atoms with Crippen molar-refractivity contribution in [3.05, 3.63) is 124 Å². The average Bonchev–Trinajstić information content (AvgIpc) is 3.30. The maximum atomic E-state index is 6.20. The fourth-order valence-corrected chi connectivity index (χ4v) is 6.98. The van der Waals surface area contributed by atoms with Crippen LogP contribution in [0.25, 0.3) is 0 Å². The molecule has 7 rings (SSSR count). The fourth-order valence-electron chi connectivity index (χ4n) is 6.81. The summed E-state index contributed by atoms with van der Waals surface area (Å²) in [5.74, 6) is 3.75. The summed E-state index contributed by atoms with van der Waals surface area (Å²) >= 11 is 6.20. The molecule has 6 heteroatoms. The van der Waals surface area contributed by atoms with E-state index in [2.05, 4.69) is 84.7 Å². The van der Waals surface area contributed by atoms with Gasteiger partial charge in [0.25, 0.3) is 0 Å². The highest BCUT2D eigenvalue weighted by atomic mass is 35.5. The van der Waals surface area contributed by atoms with E-state index in [-0.39, 0.29) is 0 Å². The van der Waals surface area contributed by atoms with Gasteiger partial charge in [-0.25, -0.2) is 4.99 Å². The number of nitrogens with one attached hydrogen (secondary N) is 1. The third-order valence-electron chi connectivity index (χ3n) is 8.75. The number of hydrogen-bond donors (Lipinski definition) is 1. The molecule has 1 saturated heterocycles. The predicted molar refractivity (Wildman–Crippen MR) is 183 cm³/mol. The van der Waals surface area contributed by atoms with E-state index in [1.807, 2.05) is 42.5 Å². The van der Waals surface area contributed by atoms with Gasteiger partial charge in [-0.15, -0.1) is 0 Å². The van der Waals surface area contributed by atoms with E-state index in [4.69, 9.17) is 21.3 Å². The number of halogens is 1. The molecule has 1 unspecified atom stereocenters. The van der Waals surface area contributed by atoms with Crippen LogP contribution in [0.2, 0.25) is 5.02 Å². The van der Waals surface area contributed by atoms with Crippen LogP contribution in [-0.4, -0.2) is 62.5 Å². The number of aliphatic imine (C=N–C) groups is 1. The van der Waals surface area contributed by atoms with Crippen LogP contribution in [0, 0.1) is 5.92 Å². The fraction of sp³-hybridized carbons (Fsp3) is 0.342. The highest BCUT2D eigenvalue weighted by Gasteiger charge is 2.26. The summed E-state index contributed by atoms with van der Waals surface area (Å²) in [4.78, 5) is 9.47. The quantitative estimate of drug-likeness (QED) is 0.256. The van der Waals surface area contributed by atoms with Gasteiger partial charge in [-0.3, -0.25) is 0 Å². The first kappa shape index (κ1) is 30.4. The number of ether oxygens (including phenoxy) is 1. The SMILES string of the molecule is CC(CC1c2ccccc2CCc2ccccc21)CN(C)C.Clc1ccc2c(c1)C(N1CCNCC1)=Nc1ccccc1O2. The Hall–Kier alpha value is -3.64. The van der Waals surface area contributed by atoms with Crippen molar-refractivity contribution in [1.29, 1.82) is 0 Å². The molecule has 5 nitrogen and oxygen atoms in total. The van der Waals surface area contributed by atoms with Crippen LogP contribution in [0.3, 0.4) is 0 Å². The topological polar surface area (TPSA) is 40.1 Å². The number of benzene rings is 4. The lowest BCUT2D eigenvalue weighted by atomic mass is 9.82. The Morgan fingerprint density at radius 1 is 0.864 bits per heavy atom.